The van der Waals surface area contributed by atoms with Crippen molar-refractivity contribution in [2.75, 3.05) is 38.2 Å². The number of allylic oxidation sites excluding steroid dienone is 2. The maximum atomic E-state index is 13.8. The number of nitrogens with one attached hydrogen (secondary N) is 3. The fourth-order valence-electron chi connectivity index (χ4n) is 6.65. The molecule has 3 aliphatic heterocycles. The monoisotopic (exact) mass is 645 g/mol. The Balaban J connectivity index is 1.13. The van der Waals surface area contributed by atoms with Gasteiger partial charge in [0, 0.05) is 49.7 Å². The number of nitrogens with zero attached hydrogens (tertiary/aromatic N) is 2. The van der Waals surface area contributed by atoms with E-state index in [1.54, 1.807) is 12.1 Å². The van der Waals surface area contributed by atoms with Gasteiger partial charge in [0.2, 0.25) is 17.7 Å². The summed E-state index contributed by atoms with van der Waals surface area (Å²) >= 11 is 1.33. The summed E-state index contributed by atoms with van der Waals surface area (Å²) in [6.45, 7) is 2.55. The fourth-order valence-corrected chi connectivity index (χ4v) is 7.38. The second-order valence-electron chi connectivity index (χ2n) is 12.5. The van der Waals surface area contributed by atoms with Crippen LogP contribution in [0.2, 0.25) is 0 Å². The van der Waals surface area contributed by atoms with Crippen molar-refractivity contribution in [2.45, 2.75) is 50.6 Å². The van der Waals surface area contributed by atoms with Gasteiger partial charge in [0.15, 0.2) is 5.13 Å². The van der Waals surface area contributed by atoms with Crippen molar-refractivity contribution in [3.8, 4) is 11.3 Å². The lowest BCUT2D eigenvalue weighted by molar-refractivity contribution is -0.140. The first kappa shape index (κ1) is 32.0. The first-order valence-corrected chi connectivity index (χ1v) is 16.9. The van der Waals surface area contributed by atoms with Crippen LogP contribution in [0.15, 0.2) is 72.1 Å². The van der Waals surface area contributed by atoms with Crippen molar-refractivity contribution in [2.24, 2.45) is 11.3 Å². The Morgan fingerprint density at radius 2 is 1.85 bits per heavy atom. The third-order valence-electron chi connectivity index (χ3n) is 9.35. The van der Waals surface area contributed by atoms with Gasteiger partial charge in [0.25, 0.3) is 0 Å². The van der Waals surface area contributed by atoms with Crippen molar-refractivity contribution in [3.63, 3.8) is 0 Å². The van der Waals surface area contributed by atoms with E-state index in [4.69, 9.17) is 4.74 Å². The first-order chi connectivity index (χ1) is 22.4. The second kappa shape index (κ2) is 14.7. The predicted octanol–water partition coefficient (Wildman–Crippen LogP) is 4.57. The number of carbonyl (C=O) groups excluding carboxylic acids is 3. The van der Waals surface area contributed by atoms with Gasteiger partial charge in [-0.15, -0.1) is 11.3 Å². The number of fused-ring (bicyclic) bond motifs is 1. The number of amides is 3. The lowest BCUT2D eigenvalue weighted by atomic mass is 9.75. The van der Waals surface area contributed by atoms with Gasteiger partial charge in [-0.3, -0.25) is 19.3 Å². The van der Waals surface area contributed by atoms with Crippen molar-refractivity contribution < 1.29 is 23.5 Å². The molecular weight excluding hydrogens is 605 g/mol. The molecule has 6 rings (SSSR count). The van der Waals surface area contributed by atoms with Crippen LogP contribution in [0, 0.1) is 17.2 Å². The predicted molar refractivity (Wildman–Crippen MR) is 176 cm³/mol. The molecule has 242 valence electrons. The largest absolute Gasteiger partial charge is 0.381 e. The molecule has 3 aliphatic rings. The number of halogens is 1. The average molecular weight is 646 g/mol. The molecule has 11 heteroatoms. The number of hydrogen-bond donors (Lipinski definition) is 3. The van der Waals surface area contributed by atoms with Crippen LogP contribution in [-0.4, -0.2) is 72.5 Å². The summed E-state index contributed by atoms with van der Waals surface area (Å²) < 4.78 is 18.9. The van der Waals surface area contributed by atoms with Gasteiger partial charge >= 0.3 is 0 Å². The van der Waals surface area contributed by atoms with Crippen LogP contribution in [0.1, 0.15) is 37.7 Å². The maximum Gasteiger partial charge on any atom is 0.243 e. The molecule has 3 N–H and O–H groups in total. The molecule has 2 fully saturated rings. The number of piperidine rings is 1. The fraction of sp³-hybridized carbons (Fsp3) is 0.429. The molecule has 3 atom stereocenters. The molecule has 9 nitrogen and oxygen atoms in total. The Bertz CT molecular complexity index is 1540. The van der Waals surface area contributed by atoms with Crippen LogP contribution in [0.3, 0.4) is 0 Å². The van der Waals surface area contributed by atoms with Crippen LogP contribution in [-0.2, 0) is 25.5 Å². The van der Waals surface area contributed by atoms with Gasteiger partial charge in [0.1, 0.15) is 11.9 Å². The first-order valence-electron chi connectivity index (χ1n) is 16.0. The number of likely N-dealkylation sites (tertiary alicyclic amines) is 1. The lowest BCUT2D eigenvalue weighted by Gasteiger charge is -2.40. The molecule has 1 spiro atoms. The Labute approximate surface area is 272 Å². The second-order valence-corrected chi connectivity index (χ2v) is 13.4. The summed E-state index contributed by atoms with van der Waals surface area (Å²) in [5.74, 6) is -0.622. The number of carbonyl (C=O) groups is 3. The number of benzene rings is 2. The molecule has 46 heavy (non-hydrogen) atoms. The molecule has 0 bridgehead atoms. The quantitative estimate of drug-likeness (QED) is 0.339. The molecule has 2 aromatic carbocycles. The van der Waals surface area contributed by atoms with Gasteiger partial charge in [-0.1, -0.05) is 42.5 Å². The van der Waals surface area contributed by atoms with E-state index >= 15 is 0 Å². The summed E-state index contributed by atoms with van der Waals surface area (Å²) in [7, 11) is 0. The number of hydrogen-bond acceptors (Lipinski definition) is 7. The minimum absolute atomic E-state index is 0.0830. The van der Waals surface area contributed by atoms with E-state index in [2.05, 4.69) is 38.0 Å². The number of rotatable bonds is 6. The molecule has 3 amide bonds. The van der Waals surface area contributed by atoms with E-state index in [-0.39, 0.29) is 42.0 Å². The van der Waals surface area contributed by atoms with Crippen LogP contribution in [0.5, 0.6) is 0 Å². The molecule has 4 heterocycles. The Morgan fingerprint density at radius 3 is 2.63 bits per heavy atom. The van der Waals surface area contributed by atoms with Gasteiger partial charge in [-0.2, -0.15) is 0 Å². The molecule has 0 aliphatic carbocycles. The molecule has 0 radical (unpaired) electrons. The summed E-state index contributed by atoms with van der Waals surface area (Å²) in [5, 5.41) is 11.7. The minimum Gasteiger partial charge on any atom is -0.381 e. The van der Waals surface area contributed by atoms with Gasteiger partial charge in [-0.05, 0) is 67.9 Å². The lowest BCUT2D eigenvalue weighted by Crippen LogP contribution is -2.58. The Kier molecular flexibility index (Phi) is 10.2. The third kappa shape index (κ3) is 7.89. The van der Waals surface area contributed by atoms with Crippen LogP contribution < -0.4 is 16.0 Å². The minimum atomic E-state index is -0.694. The molecule has 0 saturated carbocycles. The highest BCUT2D eigenvalue weighted by atomic mass is 32.1. The zero-order chi connectivity index (χ0) is 31.9. The summed E-state index contributed by atoms with van der Waals surface area (Å²) in [6.07, 6.45) is 7.90. The highest BCUT2D eigenvalue weighted by Gasteiger charge is 2.41. The van der Waals surface area contributed by atoms with E-state index in [1.807, 2.05) is 35.7 Å². The number of thiazole rings is 1. The van der Waals surface area contributed by atoms with Crippen molar-refractivity contribution in [3.05, 3.63) is 83.5 Å². The zero-order valence-corrected chi connectivity index (χ0v) is 26.6. The molecule has 3 aromatic rings. The topological polar surface area (TPSA) is 113 Å². The van der Waals surface area contributed by atoms with Crippen LogP contribution in [0.4, 0.5) is 9.52 Å². The Morgan fingerprint density at radius 1 is 1.07 bits per heavy atom. The van der Waals surface area contributed by atoms with Crippen molar-refractivity contribution >= 4 is 34.2 Å². The number of ether oxygens (including phenoxy) is 1. The highest BCUT2D eigenvalue weighted by Crippen LogP contribution is 2.36. The van der Waals surface area contributed by atoms with Gasteiger partial charge < -0.3 is 20.7 Å². The SMILES string of the molecule is O=C(CN1CC[C@H]2NC(=O)[C@@H](Cc3ccccc3)NC(=O)C3(C/C=C/C[C@H]2C1)CCOCC3)Nc1nc(-c2ccc(F)cc2)cs1. The normalized spacial score (nSPS) is 24.5. The smallest absolute Gasteiger partial charge is 0.243 e. The Hall–Kier alpha value is -3.93. The standard InChI is InChI=1S/C35H40FN5O4S/c36-27-11-9-25(10-12-27)30-23-46-34(39-30)40-31(42)22-41-17-13-28-26(21-41)8-4-5-14-35(15-18-45-19-16-35)33(44)38-29(32(43)37-28)20-24-6-2-1-3-7-24/h1-7,9-12,23,26,28-29H,8,13-22H2,(H,37,43)(H,38,44)(H,39,40,42)/b5-4+/t26-,28+,29+/m0/s1. The van der Waals surface area contributed by atoms with E-state index < -0.39 is 11.5 Å². The highest BCUT2D eigenvalue weighted by molar-refractivity contribution is 7.14. The summed E-state index contributed by atoms with van der Waals surface area (Å²) in [5.41, 5.74) is 1.84. The molecule has 1 aromatic heterocycles. The zero-order valence-electron chi connectivity index (χ0n) is 25.8. The summed E-state index contributed by atoms with van der Waals surface area (Å²) in [6, 6.07) is 15.1. The number of anilines is 1. The number of aromatic nitrogens is 1. The van der Waals surface area contributed by atoms with Crippen LogP contribution >= 0.6 is 11.3 Å². The van der Waals surface area contributed by atoms with E-state index in [9.17, 15) is 18.8 Å². The van der Waals surface area contributed by atoms with E-state index in [0.717, 1.165) is 17.5 Å². The average Bonchev–Trinajstić information content (AvgIpc) is 3.52. The third-order valence-corrected chi connectivity index (χ3v) is 10.1. The molecular formula is C35H40FN5O4S. The van der Waals surface area contributed by atoms with Gasteiger partial charge in [0.05, 0.1) is 17.7 Å². The van der Waals surface area contributed by atoms with E-state index in [0.29, 0.717) is 69.2 Å². The van der Waals surface area contributed by atoms with Crippen LogP contribution in [0.25, 0.3) is 11.3 Å². The van der Waals surface area contributed by atoms with Crippen molar-refractivity contribution in [1.29, 1.82) is 0 Å². The van der Waals surface area contributed by atoms with Gasteiger partial charge in [-0.25, -0.2) is 9.37 Å². The summed E-state index contributed by atoms with van der Waals surface area (Å²) in [4.78, 5) is 47.2. The molecule has 0 unspecified atom stereocenters. The van der Waals surface area contributed by atoms with E-state index in [1.165, 1.54) is 23.5 Å². The maximum absolute atomic E-state index is 13.8. The van der Waals surface area contributed by atoms with Crippen molar-refractivity contribution in [1.82, 2.24) is 20.5 Å². The molecule has 2 saturated heterocycles.